The SMILES string of the molecule is CC(C)c1noc(CCNC(=O)CCc2ccc(F)c(F)c2)n1. The molecule has 0 radical (unpaired) electrons. The third-order valence-corrected chi connectivity index (χ3v) is 3.29. The van der Waals surface area contributed by atoms with Gasteiger partial charge in [-0.1, -0.05) is 25.1 Å². The maximum absolute atomic E-state index is 13.1. The first kappa shape index (κ1) is 17.1. The smallest absolute Gasteiger partial charge is 0.228 e. The van der Waals surface area contributed by atoms with E-state index in [0.29, 0.717) is 36.7 Å². The van der Waals surface area contributed by atoms with Gasteiger partial charge >= 0.3 is 0 Å². The summed E-state index contributed by atoms with van der Waals surface area (Å²) in [6, 6.07) is 3.64. The molecule has 1 aromatic heterocycles. The molecule has 124 valence electrons. The molecule has 0 bridgehead atoms. The van der Waals surface area contributed by atoms with Gasteiger partial charge < -0.3 is 9.84 Å². The van der Waals surface area contributed by atoms with E-state index in [4.69, 9.17) is 4.52 Å². The minimum absolute atomic E-state index is 0.168. The summed E-state index contributed by atoms with van der Waals surface area (Å²) in [5.74, 6) is -0.644. The summed E-state index contributed by atoms with van der Waals surface area (Å²) >= 11 is 0. The van der Waals surface area contributed by atoms with E-state index in [-0.39, 0.29) is 18.2 Å². The lowest BCUT2D eigenvalue weighted by Gasteiger charge is -2.04. The van der Waals surface area contributed by atoms with Gasteiger partial charge in [0.15, 0.2) is 17.5 Å². The number of amides is 1. The van der Waals surface area contributed by atoms with Crippen molar-refractivity contribution in [1.29, 1.82) is 0 Å². The van der Waals surface area contributed by atoms with Gasteiger partial charge in [-0.25, -0.2) is 8.78 Å². The summed E-state index contributed by atoms with van der Waals surface area (Å²) in [6.07, 6.45) is 1.00. The zero-order chi connectivity index (χ0) is 16.8. The predicted octanol–water partition coefficient (Wildman–Crippen LogP) is 2.76. The van der Waals surface area contributed by atoms with Crippen molar-refractivity contribution in [3.63, 3.8) is 0 Å². The number of carbonyl (C=O) groups is 1. The fraction of sp³-hybridized carbons (Fsp3) is 0.438. The molecule has 1 N–H and O–H groups in total. The Morgan fingerprint density at radius 3 is 2.70 bits per heavy atom. The molecule has 0 unspecified atom stereocenters. The van der Waals surface area contributed by atoms with Crippen LogP contribution in [0.4, 0.5) is 8.78 Å². The number of hydrogen-bond donors (Lipinski definition) is 1. The van der Waals surface area contributed by atoms with Gasteiger partial charge in [0.1, 0.15) is 0 Å². The van der Waals surface area contributed by atoms with Crippen LogP contribution in [0.5, 0.6) is 0 Å². The molecule has 0 aliphatic carbocycles. The molecule has 2 aromatic rings. The molecule has 2 rings (SSSR count). The highest BCUT2D eigenvalue weighted by Gasteiger charge is 2.10. The third kappa shape index (κ3) is 5.12. The summed E-state index contributed by atoms with van der Waals surface area (Å²) in [7, 11) is 0. The standard InChI is InChI=1S/C16H19F2N3O2/c1-10(2)16-20-15(23-21-16)7-8-19-14(22)6-4-11-3-5-12(17)13(18)9-11/h3,5,9-10H,4,6-8H2,1-2H3,(H,19,22). The molecular formula is C16H19F2N3O2. The van der Waals surface area contributed by atoms with Crippen LogP contribution in [0.1, 0.15) is 43.5 Å². The van der Waals surface area contributed by atoms with Crippen molar-refractivity contribution in [1.82, 2.24) is 15.5 Å². The molecule has 0 saturated heterocycles. The third-order valence-electron chi connectivity index (χ3n) is 3.29. The molecule has 0 atom stereocenters. The zero-order valence-corrected chi connectivity index (χ0v) is 13.1. The van der Waals surface area contributed by atoms with Crippen LogP contribution in [-0.4, -0.2) is 22.6 Å². The van der Waals surface area contributed by atoms with E-state index in [1.807, 2.05) is 13.8 Å². The average Bonchev–Trinajstić information content (AvgIpc) is 2.97. The van der Waals surface area contributed by atoms with Gasteiger partial charge in [-0.15, -0.1) is 0 Å². The number of hydrogen-bond acceptors (Lipinski definition) is 4. The first-order chi connectivity index (χ1) is 11.0. The van der Waals surface area contributed by atoms with E-state index in [1.165, 1.54) is 6.07 Å². The Bertz CT molecular complexity index is 671. The molecule has 5 nitrogen and oxygen atoms in total. The fourth-order valence-corrected chi connectivity index (χ4v) is 1.95. The van der Waals surface area contributed by atoms with Gasteiger partial charge in [0.2, 0.25) is 11.8 Å². The lowest BCUT2D eigenvalue weighted by atomic mass is 10.1. The van der Waals surface area contributed by atoms with Gasteiger partial charge in [0.25, 0.3) is 0 Å². The van der Waals surface area contributed by atoms with Crippen LogP contribution in [0.15, 0.2) is 22.7 Å². The number of benzene rings is 1. The molecular weight excluding hydrogens is 304 g/mol. The predicted molar refractivity (Wildman–Crippen MR) is 79.8 cm³/mol. The summed E-state index contributed by atoms with van der Waals surface area (Å²) in [5.41, 5.74) is 0.581. The van der Waals surface area contributed by atoms with E-state index in [2.05, 4.69) is 15.5 Å². The Hall–Kier alpha value is -2.31. The lowest BCUT2D eigenvalue weighted by molar-refractivity contribution is -0.121. The van der Waals surface area contributed by atoms with Crippen molar-refractivity contribution in [2.75, 3.05) is 6.54 Å². The Morgan fingerprint density at radius 1 is 1.26 bits per heavy atom. The second-order valence-electron chi connectivity index (χ2n) is 5.55. The number of nitrogens with one attached hydrogen (secondary N) is 1. The van der Waals surface area contributed by atoms with Crippen molar-refractivity contribution in [3.05, 3.63) is 47.1 Å². The molecule has 0 aliphatic rings. The topological polar surface area (TPSA) is 68.0 Å². The summed E-state index contributed by atoms with van der Waals surface area (Å²) in [5, 5.41) is 6.57. The van der Waals surface area contributed by atoms with Gasteiger partial charge in [-0.3, -0.25) is 4.79 Å². The molecule has 0 spiro atoms. The molecule has 23 heavy (non-hydrogen) atoms. The largest absolute Gasteiger partial charge is 0.356 e. The van der Waals surface area contributed by atoms with E-state index in [9.17, 15) is 13.6 Å². The fourth-order valence-electron chi connectivity index (χ4n) is 1.95. The number of aryl methyl sites for hydroxylation is 1. The first-order valence-electron chi connectivity index (χ1n) is 7.49. The average molecular weight is 323 g/mol. The Labute approximate surface area is 133 Å². The minimum atomic E-state index is -0.903. The highest BCUT2D eigenvalue weighted by Crippen LogP contribution is 2.11. The maximum Gasteiger partial charge on any atom is 0.228 e. The minimum Gasteiger partial charge on any atom is -0.356 e. The molecule has 0 aliphatic heterocycles. The number of halogens is 2. The molecule has 7 heteroatoms. The monoisotopic (exact) mass is 323 g/mol. The molecule has 1 aromatic carbocycles. The highest BCUT2D eigenvalue weighted by molar-refractivity contribution is 5.76. The lowest BCUT2D eigenvalue weighted by Crippen LogP contribution is -2.26. The van der Waals surface area contributed by atoms with Crippen LogP contribution in [-0.2, 0) is 17.6 Å². The van der Waals surface area contributed by atoms with E-state index >= 15 is 0 Å². The quantitative estimate of drug-likeness (QED) is 0.851. The molecule has 1 heterocycles. The van der Waals surface area contributed by atoms with Crippen LogP contribution in [0.2, 0.25) is 0 Å². The first-order valence-corrected chi connectivity index (χ1v) is 7.49. The van der Waals surface area contributed by atoms with E-state index in [1.54, 1.807) is 0 Å². The summed E-state index contributed by atoms with van der Waals surface area (Å²) in [4.78, 5) is 15.9. The zero-order valence-electron chi connectivity index (χ0n) is 13.1. The van der Waals surface area contributed by atoms with Crippen molar-refractivity contribution < 1.29 is 18.1 Å². The number of rotatable bonds is 7. The maximum atomic E-state index is 13.1. The van der Waals surface area contributed by atoms with Crippen LogP contribution in [0, 0.1) is 11.6 Å². The van der Waals surface area contributed by atoms with E-state index in [0.717, 1.165) is 12.1 Å². The van der Waals surface area contributed by atoms with Gasteiger partial charge in [0.05, 0.1) is 0 Å². The number of aromatic nitrogens is 2. The van der Waals surface area contributed by atoms with E-state index < -0.39 is 11.6 Å². The number of carbonyl (C=O) groups excluding carboxylic acids is 1. The molecule has 0 fully saturated rings. The Balaban J connectivity index is 1.71. The van der Waals surface area contributed by atoms with Crippen molar-refractivity contribution >= 4 is 5.91 Å². The second-order valence-corrected chi connectivity index (χ2v) is 5.55. The summed E-state index contributed by atoms with van der Waals surface area (Å²) < 4.78 is 30.9. The Morgan fingerprint density at radius 2 is 2.04 bits per heavy atom. The van der Waals surface area contributed by atoms with Crippen molar-refractivity contribution in [2.45, 2.75) is 39.0 Å². The molecule has 1 amide bonds. The van der Waals surface area contributed by atoms with Crippen LogP contribution in [0.3, 0.4) is 0 Å². The highest BCUT2D eigenvalue weighted by atomic mass is 19.2. The number of nitrogens with zero attached hydrogens (tertiary/aromatic N) is 2. The van der Waals surface area contributed by atoms with Gasteiger partial charge in [-0.2, -0.15) is 4.98 Å². The second kappa shape index (κ2) is 7.80. The van der Waals surface area contributed by atoms with Gasteiger partial charge in [0, 0.05) is 25.3 Å². The van der Waals surface area contributed by atoms with Crippen molar-refractivity contribution in [3.8, 4) is 0 Å². The van der Waals surface area contributed by atoms with Crippen LogP contribution in [0.25, 0.3) is 0 Å². The Kier molecular flexibility index (Phi) is 5.78. The van der Waals surface area contributed by atoms with Crippen molar-refractivity contribution in [2.24, 2.45) is 0 Å². The summed E-state index contributed by atoms with van der Waals surface area (Å²) in [6.45, 7) is 4.32. The molecule has 0 saturated carbocycles. The van der Waals surface area contributed by atoms with Crippen LogP contribution < -0.4 is 5.32 Å². The normalized spacial score (nSPS) is 11.0. The van der Waals surface area contributed by atoms with Crippen LogP contribution >= 0.6 is 0 Å². The van der Waals surface area contributed by atoms with Gasteiger partial charge in [-0.05, 0) is 24.1 Å².